The third-order valence-electron chi connectivity index (χ3n) is 4.40. The summed E-state index contributed by atoms with van der Waals surface area (Å²) >= 11 is 0. The van der Waals surface area contributed by atoms with E-state index in [1.807, 2.05) is 6.07 Å². The Labute approximate surface area is 146 Å². The van der Waals surface area contributed by atoms with E-state index in [2.05, 4.69) is 15.2 Å². The fraction of sp³-hybridized carbons (Fsp3) is 0.316. The molecule has 1 fully saturated rings. The number of aliphatic hydroxyl groups excluding tert-OH is 1. The van der Waals surface area contributed by atoms with Gasteiger partial charge in [-0.1, -0.05) is 24.3 Å². The third-order valence-corrected chi connectivity index (χ3v) is 4.40. The van der Waals surface area contributed by atoms with Crippen LogP contribution in [-0.4, -0.2) is 42.0 Å². The molecule has 2 N–H and O–H groups in total. The Hall–Kier alpha value is -2.73. The topological polar surface area (TPSA) is 82.5 Å². The summed E-state index contributed by atoms with van der Waals surface area (Å²) in [4.78, 5) is 29.7. The van der Waals surface area contributed by atoms with E-state index in [-0.39, 0.29) is 12.5 Å². The van der Waals surface area contributed by atoms with Gasteiger partial charge >= 0.3 is 0 Å². The maximum atomic E-state index is 12.4. The number of aldehydes is 1. The second kappa shape index (κ2) is 7.90. The molecule has 1 aliphatic heterocycles. The van der Waals surface area contributed by atoms with Gasteiger partial charge in [-0.05, 0) is 30.5 Å². The third kappa shape index (κ3) is 4.03. The van der Waals surface area contributed by atoms with Crippen molar-refractivity contribution in [1.82, 2.24) is 10.3 Å². The van der Waals surface area contributed by atoms with Crippen LogP contribution < -0.4 is 10.2 Å². The van der Waals surface area contributed by atoms with Crippen LogP contribution in [0, 0.1) is 0 Å². The lowest BCUT2D eigenvalue weighted by Gasteiger charge is -2.18. The zero-order valence-electron chi connectivity index (χ0n) is 13.9. The first-order chi connectivity index (χ1) is 12.2. The molecule has 25 heavy (non-hydrogen) atoms. The Morgan fingerprint density at radius 3 is 2.48 bits per heavy atom. The molecule has 6 nitrogen and oxygen atoms in total. The zero-order chi connectivity index (χ0) is 17.6. The number of aromatic nitrogens is 1. The Kier molecular flexibility index (Phi) is 5.40. The van der Waals surface area contributed by atoms with Crippen molar-refractivity contribution >= 4 is 18.0 Å². The van der Waals surface area contributed by atoms with E-state index in [1.165, 1.54) is 12.8 Å². The Balaban J connectivity index is 1.67. The van der Waals surface area contributed by atoms with Crippen LogP contribution in [0.4, 0.5) is 5.82 Å². The van der Waals surface area contributed by atoms with Gasteiger partial charge in [-0.15, -0.1) is 0 Å². The molecule has 0 bridgehead atoms. The second-order valence-corrected chi connectivity index (χ2v) is 6.09. The molecule has 1 aromatic heterocycles. The SMILES string of the molecule is O=Cc1ccc([C@H](CO)NC(=O)c2ccc(N3CCCC3)nc2)cc1. The Bertz CT molecular complexity index is 723. The van der Waals surface area contributed by atoms with Crippen LogP contribution in [0.5, 0.6) is 0 Å². The van der Waals surface area contributed by atoms with Gasteiger partial charge in [-0.2, -0.15) is 0 Å². The highest BCUT2D eigenvalue weighted by Gasteiger charge is 2.17. The van der Waals surface area contributed by atoms with E-state index in [0.717, 1.165) is 30.8 Å². The number of anilines is 1. The van der Waals surface area contributed by atoms with Gasteiger partial charge in [0.1, 0.15) is 12.1 Å². The van der Waals surface area contributed by atoms with Gasteiger partial charge in [-0.25, -0.2) is 4.98 Å². The number of aliphatic hydroxyl groups is 1. The monoisotopic (exact) mass is 339 g/mol. The molecule has 6 heteroatoms. The highest BCUT2D eigenvalue weighted by atomic mass is 16.3. The number of amides is 1. The molecule has 0 unspecified atom stereocenters. The van der Waals surface area contributed by atoms with Crippen molar-refractivity contribution in [3.05, 3.63) is 59.3 Å². The number of hydrogen-bond acceptors (Lipinski definition) is 5. The van der Waals surface area contributed by atoms with E-state index < -0.39 is 6.04 Å². The van der Waals surface area contributed by atoms with Gasteiger partial charge in [0.25, 0.3) is 5.91 Å². The normalized spacial score (nSPS) is 15.0. The molecule has 3 rings (SSSR count). The van der Waals surface area contributed by atoms with Crippen molar-refractivity contribution in [3.8, 4) is 0 Å². The molecule has 130 valence electrons. The molecule has 0 aliphatic carbocycles. The molecule has 0 radical (unpaired) electrons. The number of hydrogen-bond donors (Lipinski definition) is 2. The first-order valence-electron chi connectivity index (χ1n) is 8.39. The zero-order valence-corrected chi connectivity index (χ0v) is 13.9. The number of benzene rings is 1. The minimum Gasteiger partial charge on any atom is -0.394 e. The molecule has 1 aliphatic rings. The van der Waals surface area contributed by atoms with E-state index in [9.17, 15) is 14.7 Å². The van der Waals surface area contributed by atoms with Gasteiger partial charge in [0.2, 0.25) is 0 Å². The van der Waals surface area contributed by atoms with Crippen LogP contribution in [0.3, 0.4) is 0 Å². The van der Waals surface area contributed by atoms with Gasteiger partial charge in [0.15, 0.2) is 0 Å². The van der Waals surface area contributed by atoms with Crippen molar-refractivity contribution in [2.24, 2.45) is 0 Å². The molecule has 1 atom stereocenters. The van der Waals surface area contributed by atoms with Gasteiger partial charge in [-0.3, -0.25) is 9.59 Å². The second-order valence-electron chi connectivity index (χ2n) is 6.09. The number of pyridine rings is 1. The van der Waals surface area contributed by atoms with E-state index in [0.29, 0.717) is 11.1 Å². The average molecular weight is 339 g/mol. The fourth-order valence-corrected chi connectivity index (χ4v) is 2.94. The molecule has 2 heterocycles. The lowest BCUT2D eigenvalue weighted by molar-refractivity contribution is 0.0915. The summed E-state index contributed by atoms with van der Waals surface area (Å²) in [5.41, 5.74) is 1.74. The quantitative estimate of drug-likeness (QED) is 0.786. The maximum absolute atomic E-state index is 12.4. The predicted molar refractivity (Wildman–Crippen MR) is 94.8 cm³/mol. The standard InChI is InChI=1S/C19H21N3O3/c23-12-14-3-5-15(6-4-14)17(13-24)21-19(25)16-7-8-18(20-11-16)22-9-1-2-10-22/h3-8,11-12,17,24H,1-2,9-10,13H2,(H,21,25)/t17-/m0/s1. The fourth-order valence-electron chi connectivity index (χ4n) is 2.94. The van der Waals surface area contributed by atoms with Crippen LogP contribution in [0.2, 0.25) is 0 Å². The molecule has 1 amide bonds. The average Bonchev–Trinajstić information content (AvgIpc) is 3.21. The first-order valence-corrected chi connectivity index (χ1v) is 8.39. The van der Waals surface area contributed by atoms with Gasteiger partial charge in [0, 0.05) is 24.8 Å². The van der Waals surface area contributed by atoms with Crippen molar-refractivity contribution < 1.29 is 14.7 Å². The highest BCUT2D eigenvalue weighted by Crippen LogP contribution is 2.18. The Morgan fingerprint density at radius 2 is 1.92 bits per heavy atom. The van der Waals surface area contributed by atoms with E-state index in [4.69, 9.17) is 0 Å². The maximum Gasteiger partial charge on any atom is 0.253 e. The van der Waals surface area contributed by atoms with Crippen LogP contribution >= 0.6 is 0 Å². The van der Waals surface area contributed by atoms with Crippen molar-refractivity contribution in [2.45, 2.75) is 18.9 Å². The summed E-state index contributed by atoms with van der Waals surface area (Å²) in [7, 11) is 0. The van der Waals surface area contributed by atoms with Gasteiger partial charge in [0.05, 0.1) is 18.2 Å². The number of nitrogens with one attached hydrogen (secondary N) is 1. The van der Waals surface area contributed by atoms with Crippen LogP contribution in [0.1, 0.15) is 45.2 Å². The summed E-state index contributed by atoms with van der Waals surface area (Å²) in [6.45, 7) is 1.77. The van der Waals surface area contributed by atoms with E-state index >= 15 is 0 Å². The number of carbonyl (C=O) groups excluding carboxylic acids is 2. The minimum atomic E-state index is -0.536. The van der Waals surface area contributed by atoms with Crippen LogP contribution in [-0.2, 0) is 0 Å². The van der Waals surface area contributed by atoms with Crippen LogP contribution in [0.25, 0.3) is 0 Å². The Morgan fingerprint density at radius 1 is 1.20 bits per heavy atom. The summed E-state index contributed by atoms with van der Waals surface area (Å²) in [6, 6.07) is 9.82. The molecular weight excluding hydrogens is 318 g/mol. The molecule has 0 spiro atoms. The largest absolute Gasteiger partial charge is 0.394 e. The lowest BCUT2D eigenvalue weighted by Crippen LogP contribution is -2.31. The van der Waals surface area contributed by atoms with E-state index in [1.54, 1.807) is 36.5 Å². The molecule has 1 saturated heterocycles. The smallest absolute Gasteiger partial charge is 0.253 e. The summed E-state index contributed by atoms with van der Waals surface area (Å²) in [5.74, 6) is 0.594. The van der Waals surface area contributed by atoms with Crippen molar-refractivity contribution in [1.29, 1.82) is 0 Å². The lowest BCUT2D eigenvalue weighted by atomic mass is 10.1. The minimum absolute atomic E-state index is 0.231. The van der Waals surface area contributed by atoms with Crippen molar-refractivity contribution in [3.63, 3.8) is 0 Å². The first kappa shape index (κ1) is 17.1. The number of carbonyl (C=O) groups is 2. The predicted octanol–water partition coefficient (Wildman–Crippen LogP) is 1.96. The molecule has 2 aromatic rings. The summed E-state index contributed by atoms with van der Waals surface area (Å²) in [5, 5.41) is 12.4. The molecular formula is C19H21N3O3. The summed E-state index contributed by atoms with van der Waals surface area (Å²) < 4.78 is 0. The highest BCUT2D eigenvalue weighted by molar-refractivity contribution is 5.94. The number of nitrogens with zero attached hydrogens (tertiary/aromatic N) is 2. The van der Waals surface area contributed by atoms with Crippen LogP contribution in [0.15, 0.2) is 42.6 Å². The van der Waals surface area contributed by atoms with Crippen molar-refractivity contribution in [2.75, 3.05) is 24.6 Å². The molecule has 1 aromatic carbocycles. The van der Waals surface area contributed by atoms with Gasteiger partial charge < -0.3 is 15.3 Å². The summed E-state index contributed by atoms with van der Waals surface area (Å²) in [6.07, 6.45) is 4.66. The molecule has 0 saturated carbocycles. The number of rotatable bonds is 6.